The van der Waals surface area contributed by atoms with Gasteiger partial charge in [-0.1, -0.05) is 0 Å². The van der Waals surface area contributed by atoms with Crippen LogP contribution in [0.1, 0.15) is 24.0 Å². The maximum absolute atomic E-state index is 4.69. The number of hydrogen-bond donors (Lipinski definition) is 0. The molecule has 0 spiro atoms. The Balaban J connectivity index is 2.08. The van der Waals surface area contributed by atoms with Gasteiger partial charge in [0.15, 0.2) is 0 Å². The van der Waals surface area contributed by atoms with E-state index in [1.165, 1.54) is 21.1 Å². The average molecular weight is 376 g/mol. The van der Waals surface area contributed by atoms with Crippen LogP contribution in [0.4, 0.5) is 0 Å². The molecule has 0 bridgehead atoms. The van der Waals surface area contributed by atoms with E-state index in [2.05, 4.69) is 95.9 Å². The first-order valence-electron chi connectivity index (χ1n) is 8.57. The van der Waals surface area contributed by atoms with Crippen LogP contribution in [0.5, 0.6) is 0 Å². The molecule has 0 aliphatic carbocycles. The molecule has 3 aromatic rings. The van der Waals surface area contributed by atoms with Gasteiger partial charge in [-0.25, -0.2) is 0 Å². The predicted molar refractivity (Wildman–Crippen MR) is 107 cm³/mol. The summed E-state index contributed by atoms with van der Waals surface area (Å²) < 4.78 is 1.50. The van der Waals surface area contributed by atoms with Crippen LogP contribution < -0.4 is 4.40 Å². The first kappa shape index (κ1) is 17.0. The summed E-state index contributed by atoms with van der Waals surface area (Å²) in [5, 5.41) is 0. The number of aromatic nitrogens is 1. The Bertz CT molecular complexity index is 819. The van der Waals surface area contributed by atoms with Crippen LogP contribution >= 0.6 is 0 Å². The molecule has 1 atom stereocenters. The fraction of sp³-hybridized carbons (Fsp3) is 0.227. The summed E-state index contributed by atoms with van der Waals surface area (Å²) in [7, 11) is 0. The third-order valence-electron chi connectivity index (χ3n) is 4.63. The van der Waals surface area contributed by atoms with E-state index in [-0.39, 0.29) is 0 Å². The molecule has 122 valence electrons. The van der Waals surface area contributed by atoms with Crippen LogP contribution in [-0.2, 0) is 0 Å². The summed E-state index contributed by atoms with van der Waals surface area (Å²) in [6.07, 6.45) is 1.98. The first-order chi connectivity index (χ1) is 11.5. The quantitative estimate of drug-likeness (QED) is 0.553. The van der Waals surface area contributed by atoms with Gasteiger partial charge in [0, 0.05) is 0 Å². The van der Waals surface area contributed by atoms with Crippen molar-refractivity contribution in [3.8, 4) is 11.3 Å². The van der Waals surface area contributed by atoms with Crippen molar-refractivity contribution in [1.82, 2.24) is 4.98 Å². The van der Waals surface area contributed by atoms with E-state index < -0.39 is 13.3 Å². The van der Waals surface area contributed by atoms with E-state index in [0.717, 1.165) is 5.69 Å². The molecular formula is C22H25GeN. The number of pyridine rings is 1. The molecule has 1 nitrogen and oxygen atoms in total. The molecule has 3 rings (SSSR count). The molecule has 0 aliphatic heterocycles. The van der Waals surface area contributed by atoms with Gasteiger partial charge < -0.3 is 0 Å². The summed E-state index contributed by atoms with van der Waals surface area (Å²) in [6, 6.07) is 23.9. The molecule has 1 unspecified atom stereocenters. The number of rotatable bonds is 4. The Hall–Kier alpha value is -1.87. The van der Waals surface area contributed by atoms with E-state index >= 15 is 0 Å². The summed E-state index contributed by atoms with van der Waals surface area (Å²) in [5.74, 6) is 7.64. The van der Waals surface area contributed by atoms with Crippen molar-refractivity contribution in [3.05, 3.63) is 84.1 Å². The van der Waals surface area contributed by atoms with E-state index in [1.807, 2.05) is 6.20 Å². The van der Waals surface area contributed by atoms with Crippen molar-refractivity contribution in [2.45, 2.75) is 30.1 Å². The number of nitrogens with zero attached hydrogens (tertiary/aromatic N) is 1. The minimum absolute atomic E-state index is 0.351. The van der Waals surface area contributed by atoms with Gasteiger partial charge in [-0.3, -0.25) is 0 Å². The molecule has 0 saturated carbocycles. The van der Waals surface area contributed by atoms with Gasteiger partial charge >= 0.3 is 148 Å². The molecule has 0 saturated heterocycles. The standard InChI is InChI=1S/C22H25GeN/c1-17(18-10-6-5-7-11-18)20-12-8-9-13-21(20)22-16-19(14-15-24-22)23(2,3)4/h5-17H,1-4H3. The van der Waals surface area contributed by atoms with Gasteiger partial charge in [-0.05, 0) is 0 Å². The second kappa shape index (κ2) is 6.94. The van der Waals surface area contributed by atoms with Crippen molar-refractivity contribution in [3.63, 3.8) is 0 Å². The molecular weight excluding hydrogens is 351 g/mol. The number of benzene rings is 2. The van der Waals surface area contributed by atoms with Crippen LogP contribution in [-0.4, -0.2) is 18.3 Å². The predicted octanol–water partition coefficient (Wildman–Crippen LogP) is 5.45. The topological polar surface area (TPSA) is 12.9 Å². The monoisotopic (exact) mass is 377 g/mol. The Morgan fingerprint density at radius 1 is 0.833 bits per heavy atom. The molecule has 1 heterocycles. The SMILES string of the molecule is CC(c1ccccc1)c1ccccc1-c1c[c]([Ge]([CH3])([CH3])[CH3])ccn1. The fourth-order valence-corrected chi connectivity index (χ4v) is 5.47. The van der Waals surface area contributed by atoms with Crippen LogP contribution in [0.25, 0.3) is 11.3 Å². The molecule has 24 heavy (non-hydrogen) atoms. The van der Waals surface area contributed by atoms with Gasteiger partial charge in [0.1, 0.15) is 0 Å². The average Bonchev–Trinajstić information content (AvgIpc) is 2.61. The van der Waals surface area contributed by atoms with Crippen molar-refractivity contribution in [2.75, 3.05) is 0 Å². The van der Waals surface area contributed by atoms with Gasteiger partial charge in [-0.15, -0.1) is 0 Å². The molecule has 0 aliphatic rings. The van der Waals surface area contributed by atoms with Gasteiger partial charge in [0.05, 0.1) is 0 Å². The van der Waals surface area contributed by atoms with Gasteiger partial charge in [0.2, 0.25) is 0 Å². The third-order valence-corrected chi connectivity index (χ3v) is 8.92. The zero-order valence-electron chi connectivity index (χ0n) is 15.0. The van der Waals surface area contributed by atoms with Crippen LogP contribution in [0.3, 0.4) is 0 Å². The second-order valence-corrected chi connectivity index (χ2v) is 18.1. The summed E-state index contributed by atoms with van der Waals surface area (Å²) in [4.78, 5) is 4.69. The normalized spacial score (nSPS) is 12.8. The van der Waals surface area contributed by atoms with Gasteiger partial charge in [0.25, 0.3) is 0 Å². The first-order valence-corrected chi connectivity index (χ1v) is 15.9. The Kier molecular flexibility index (Phi) is 4.91. The summed E-state index contributed by atoms with van der Waals surface area (Å²) in [6.45, 7) is 2.28. The van der Waals surface area contributed by atoms with E-state index in [9.17, 15) is 0 Å². The molecule has 0 N–H and O–H groups in total. The summed E-state index contributed by atoms with van der Waals surface area (Å²) >= 11 is -1.86. The zero-order chi connectivity index (χ0) is 17.2. The Morgan fingerprint density at radius 3 is 2.21 bits per heavy atom. The summed E-state index contributed by atoms with van der Waals surface area (Å²) in [5.41, 5.74) is 5.04. The molecule has 1 aromatic heterocycles. The molecule has 0 fully saturated rings. The fourth-order valence-electron chi connectivity index (χ4n) is 3.07. The van der Waals surface area contributed by atoms with Crippen LogP contribution in [0.15, 0.2) is 72.9 Å². The Labute approximate surface area is 148 Å². The van der Waals surface area contributed by atoms with Crippen LogP contribution in [0, 0.1) is 0 Å². The maximum atomic E-state index is 4.69. The van der Waals surface area contributed by atoms with E-state index in [0.29, 0.717) is 5.92 Å². The van der Waals surface area contributed by atoms with Gasteiger partial charge in [-0.2, -0.15) is 0 Å². The van der Waals surface area contributed by atoms with Crippen molar-refractivity contribution in [2.24, 2.45) is 0 Å². The molecule has 0 amide bonds. The minimum atomic E-state index is -1.86. The Morgan fingerprint density at radius 2 is 1.50 bits per heavy atom. The number of hydrogen-bond acceptors (Lipinski definition) is 1. The third kappa shape index (κ3) is 3.62. The molecule has 0 radical (unpaired) electrons. The second-order valence-electron chi connectivity index (χ2n) is 7.40. The van der Waals surface area contributed by atoms with Crippen molar-refractivity contribution < 1.29 is 0 Å². The van der Waals surface area contributed by atoms with Crippen molar-refractivity contribution in [1.29, 1.82) is 0 Å². The van der Waals surface area contributed by atoms with E-state index in [1.54, 1.807) is 0 Å². The molecule has 2 heteroatoms. The zero-order valence-corrected chi connectivity index (χ0v) is 17.1. The van der Waals surface area contributed by atoms with E-state index in [4.69, 9.17) is 0 Å². The molecule has 2 aromatic carbocycles. The van der Waals surface area contributed by atoms with Crippen LogP contribution in [0.2, 0.25) is 17.3 Å². The van der Waals surface area contributed by atoms with Crippen molar-refractivity contribution >= 4 is 17.7 Å².